The Hall–Kier alpha value is -7.36. The van der Waals surface area contributed by atoms with Crippen molar-refractivity contribution in [3.63, 3.8) is 0 Å². The van der Waals surface area contributed by atoms with Gasteiger partial charge in [0, 0.05) is 49.3 Å². The van der Waals surface area contributed by atoms with Crippen molar-refractivity contribution in [3.05, 3.63) is 194 Å². The van der Waals surface area contributed by atoms with Crippen LogP contribution < -0.4 is 0 Å². The average Bonchev–Trinajstić information content (AvgIpc) is 3.94. The molecule has 3 heterocycles. The molecule has 0 bridgehead atoms. The molecule has 0 atom stereocenters. The number of nitrogens with zero attached hydrogens (tertiary/aromatic N) is 2. The molecule has 0 spiro atoms. The van der Waals surface area contributed by atoms with Gasteiger partial charge in [-0.25, -0.2) is 0 Å². The molecule has 3 heteroatoms. The Morgan fingerprint density at radius 2 is 1.10 bits per heavy atom. The van der Waals surface area contributed by atoms with E-state index in [0.717, 1.165) is 51.6 Å². The number of furan rings is 1. The number of benzene rings is 8. The van der Waals surface area contributed by atoms with Gasteiger partial charge in [0.15, 0.2) is 0 Å². The fraction of sp³-hybridized carbons (Fsp3) is 0.0545. The summed E-state index contributed by atoms with van der Waals surface area (Å²) in [5, 5.41) is 7.32. The van der Waals surface area contributed by atoms with E-state index in [9.17, 15) is 0 Å². The monoisotopic (exact) mass is 742 g/mol. The number of para-hydroxylation sites is 4. The molecular formula is C55H38N2O. The van der Waals surface area contributed by atoms with Crippen molar-refractivity contribution < 1.29 is 4.42 Å². The zero-order valence-corrected chi connectivity index (χ0v) is 32.1. The molecule has 0 aliphatic heterocycles. The molecule has 3 nitrogen and oxygen atoms in total. The Balaban J connectivity index is 1.01. The second kappa shape index (κ2) is 12.8. The minimum atomic E-state index is 0.912. The third-order valence-corrected chi connectivity index (χ3v) is 12.2. The second-order valence-electron chi connectivity index (χ2n) is 15.7. The number of hydrogen-bond donors (Lipinski definition) is 0. The van der Waals surface area contributed by atoms with E-state index in [1.807, 2.05) is 6.07 Å². The Labute approximate surface area is 336 Å². The minimum absolute atomic E-state index is 0.912. The lowest BCUT2D eigenvalue weighted by Gasteiger charge is -2.14. The number of aryl methyl sites for hydroxylation is 1. The summed E-state index contributed by atoms with van der Waals surface area (Å²) < 4.78 is 11.4. The molecule has 11 aromatic rings. The summed E-state index contributed by atoms with van der Waals surface area (Å²) in [6.07, 6.45) is 8.84. The first-order chi connectivity index (χ1) is 28.7. The van der Waals surface area contributed by atoms with Crippen molar-refractivity contribution in [1.29, 1.82) is 0 Å². The molecule has 0 saturated heterocycles. The van der Waals surface area contributed by atoms with Crippen LogP contribution in [0.4, 0.5) is 0 Å². The first-order valence-electron chi connectivity index (χ1n) is 20.2. The molecule has 0 N–H and O–H groups in total. The topological polar surface area (TPSA) is 23.0 Å². The van der Waals surface area contributed by atoms with E-state index in [1.165, 1.54) is 77.1 Å². The van der Waals surface area contributed by atoms with Crippen LogP contribution in [0.3, 0.4) is 0 Å². The lowest BCUT2D eigenvalue weighted by atomic mass is 9.95. The molecule has 8 aromatic carbocycles. The molecule has 0 unspecified atom stereocenters. The highest BCUT2D eigenvalue weighted by molar-refractivity contribution is 6.14. The van der Waals surface area contributed by atoms with Crippen LogP contribution in [0.2, 0.25) is 0 Å². The fourth-order valence-electron chi connectivity index (χ4n) is 9.55. The van der Waals surface area contributed by atoms with Gasteiger partial charge in [-0.15, -0.1) is 0 Å². The van der Waals surface area contributed by atoms with E-state index in [4.69, 9.17) is 4.42 Å². The summed E-state index contributed by atoms with van der Waals surface area (Å²) in [4.78, 5) is 0. The van der Waals surface area contributed by atoms with E-state index >= 15 is 0 Å². The molecule has 1 aliphatic carbocycles. The van der Waals surface area contributed by atoms with E-state index in [1.54, 1.807) is 0 Å². The fourth-order valence-corrected chi connectivity index (χ4v) is 9.55. The molecule has 274 valence electrons. The van der Waals surface area contributed by atoms with E-state index in [2.05, 4.69) is 198 Å². The predicted octanol–water partition coefficient (Wildman–Crippen LogP) is 15.3. The summed E-state index contributed by atoms with van der Waals surface area (Å²) in [5.41, 5.74) is 17.5. The third kappa shape index (κ3) is 5.06. The first kappa shape index (κ1) is 32.8. The van der Waals surface area contributed by atoms with Gasteiger partial charge in [0.25, 0.3) is 0 Å². The Bertz CT molecular complexity index is 3520. The maximum absolute atomic E-state index is 6.49. The lowest BCUT2D eigenvalue weighted by Crippen LogP contribution is -1.98. The molecule has 0 amide bonds. The number of hydrogen-bond acceptors (Lipinski definition) is 1. The van der Waals surface area contributed by atoms with E-state index < -0.39 is 0 Å². The quantitative estimate of drug-likeness (QED) is 0.172. The van der Waals surface area contributed by atoms with Gasteiger partial charge in [-0.05, 0) is 120 Å². The highest BCUT2D eigenvalue weighted by atomic mass is 16.3. The third-order valence-electron chi connectivity index (χ3n) is 12.2. The highest BCUT2D eigenvalue weighted by Crippen LogP contribution is 2.42. The first-order valence-corrected chi connectivity index (χ1v) is 20.2. The van der Waals surface area contributed by atoms with Crippen molar-refractivity contribution >= 4 is 71.2 Å². The molecular weight excluding hydrogens is 705 g/mol. The van der Waals surface area contributed by atoms with Crippen LogP contribution >= 0.6 is 0 Å². The molecule has 1 aliphatic rings. The van der Waals surface area contributed by atoms with Crippen LogP contribution in [0, 0.1) is 6.92 Å². The summed E-state index contributed by atoms with van der Waals surface area (Å²) >= 11 is 0. The maximum Gasteiger partial charge on any atom is 0.143 e. The molecule has 0 fully saturated rings. The summed E-state index contributed by atoms with van der Waals surface area (Å²) in [6, 6.07) is 62.2. The second-order valence-corrected chi connectivity index (χ2v) is 15.7. The molecule has 12 rings (SSSR count). The molecule has 3 aromatic heterocycles. The molecule has 0 radical (unpaired) electrons. The van der Waals surface area contributed by atoms with E-state index in [0.29, 0.717) is 0 Å². The lowest BCUT2D eigenvalue weighted by molar-refractivity contribution is 0.670. The van der Waals surface area contributed by atoms with Crippen LogP contribution in [-0.2, 0) is 0 Å². The van der Waals surface area contributed by atoms with Crippen LogP contribution in [-0.4, -0.2) is 9.13 Å². The number of aromatic nitrogens is 2. The summed E-state index contributed by atoms with van der Waals surface area (Å²) in [7, 11) is 0. The smallest absolute Gasteiger partial charge is 0.143 e. The normalized spacial score (nSPS) is 13.2. The SMILES string of the molecule is Cc1cc(-c2ccc3c(c2)c2ccccc2n3C2=CC=CCC2)cc(-c2ccc3c(c2)c2ccc(-c4cccc5c4oc4ccccc45)cc2n3-c2ccccc2)c1. The maximum atomic E-state index is 6.49. The number of allylic oxidation sites excluding steroid dienone is 4. The highest BCUT2D eigenvalue weighted by Gasteiger charge is 2.19. The van der Waals surface area contributed by atoms with Crippen LogP contribution in [0.15, 0.2) is 193 Å². The summed E-state index contributed by atoms with van der Waals surface area (Å²) in [6.45, 7) is 2.21. The van der Waals surface area contributed by atoms with Gasteiger partial charge in [-0.1, -0.05) is 121 Å². The average molecular weight is 743 g/mol. The van der Waals surface area contributed by atoms with Gasteiger partial charge in [0.2, 0.25) is 0 Å². The standard InChI is InChI=1S/C55H38N2O/c1-35-29-39(36-24-27-51-48(32-36)44-17-8-10-21-50(44)56(51)41-13-4-2-5-14-41)31-40(30-35)37-25-28-52-49(33-37)45-26-23-38(34-53(45)57(52)42-15-6-3-7-16-42)43-19-12-20-47-46-18-9-11-22-54(46)58-55(43)47/h2-4,6-13,15-34H,5,14H2,1H3. The van der Waals surface area contributed by atoms with Gasteiger partial charge in [-0.2, -0.15) is 0 Å². The minimum Gasteiger partial charge on any atom is -0.455 e. The van der Waals surface area contributed by atoms with Crippen molar-refractivity contribution in [3.8, 4) is 39.1 Å². The van der Waals surface area contributed by atoms with Crippen molar-refractivity contribution in [2.75, 3.05) is 0 Å². The Morgan fingerprint density at radius 1 is 0.448 bits per heavy atom. The van der Waals surface area contributed by atoms with E-state index in [-0.39, 0.29) is 0 Å². The zero-order valence-electron chi connectivity index (χ0n) is 32.1. The summed E-state index contributed by atoms with van der Waals surface area (Å²) in [5.74, 6) is 0. The van der Waals surface area contributed by atoms with Gasteiger partial charge < -0.3 is 13.6 Å². The Morgan fingerprint density at radius 3 is 1.88 bits per heavy atom. The van der Waals surface area contributed by atoms with Gasteiger partial charge in [-0.3, -0.25) is 0 Å². The number of rotatable bonds is 5. The molecule has 0 saturated carbocycles. The Kier molecular flexibility index (Phi) is 7.27. The van der Waals surface area contributed by atoms with Crippen molar-refractivity contribution in [1.82, 2.24) is 9.13 Å². The van der Waals surface area contributed by atoms with Crippen LogP contribution in [0.5, 0.6) is 0 Å². The largest absolute Gasteiger partial charge is 0.455 e. The van der Waals surface area contributed by atoms with Gasteiger partial charge in [0.05, 0.1) is 22.1 Å². The van der Waals surface area contributed by atoms with Crippen LogP contribution in [0.25, 0.3) is 110 Å². The van der Waals surface area contributed by atoms with Gasteiger partial charge in [0.1, 0.15) is 11.2 Å². The van der Waals surface area contributed by atoms with Gasteiger partial charge >= 0.3 is 0 Å². The number of fused-ring (bicyclic) bond motifs is 9. The predicted molar refractivity (Wildman–Crippen MR) is 245 cm³/mol. The molecule has 58 heavy (non-hydrogen) atoms. The van der Waals surface area contributed by atoms with Crippen molar-refractivity contribution in [2.24, 2.45) is 0 Å². The zero-order chi connectivity index (χ0) is 38.3. The van der Waals surface area contributed by atoms with Crippen LogP contribution in [0.1, 0.15) is 18.4 Å². The van der Waals surface area contributed by atoms with Crippen molar-refractivity contribution in [2.45, 2.75) is 19.8 Å².